The average molecular weight is 846 g/mol. The minimum Gasteiger partial charge on any atom is -0.497 e. The number of nitrogens with two attached hydrogens (primary N) is 1. The molecule has 0 spiro atoms. The van der Waals surface area contributed by atoms with Crippen LogP contribution in [0.2, 0.25) is 0 Å². The first kappa shape index (κ1) is 48.5. The predicted octanol–water partition coefficient (Wildman–Crippen LogP) is 9.57. The van der Waals surface area contributed by atoms with Crippen LogP contribution in [0.15, 0.2) is 84.9 Å². The number of carbonyl (C=O) groups is 1. The number of hydrogen-bond acceptors (Lipinski definition) is 8. The van der Waals surface area contributed by atoms with Crippen molar-refractivity contribution in [2.75, 3.05) is 58.1 Å². The quantitative estimate of drug-likeness (QED) is 0.114. The van der Waals surface area contributed by atoms with E-state index in [0.29, 0.717) is 29.1 Å². The monoisotopic (exact) mass is 845 g/mol. The van der Waals surface area contributed by atoms with Crippen LogP contribution in [0.1, 0.15) is 88.0 Å². The fourth-order valence-corrected chi connectivity index (χ4v) is 6.91. The summed E-state index contributed by atoms with van der Waals surface area (Å²) in [5.74, 6) is 13.9. The van der Waals surface area contributed by atoms with Gasteiger partial charge in [0, 0.05) is 78.6 Å². The first-order valence-corrected chi connectivity index (χ1v) is 21.4. The van der Waals surface area contributed by atoms with Crippen molar-refractivity contribution in [2.24, 2.45) is 0 Å². The SMILES string of the molecule is C1CCOC1.CCN(CC)CC.CCn1c(C#Cc2ccc(N)cc2)c(C#N)c2ccc(OC)cc21.CCn1c(C#Cc2ccc(NC(C)=O)cc2)c(C#N)c2ccc(OC)cc21. The molecule has 1 saturated heterocycles. The van der Waals surface area contributed by atoms with E-state index < -0.39 is 0 Å². The number of benzene rings is 4. The number of nitriles is 2. The summed E-state index contributed by atoms with van der Waals surface area (Å²) in [7, 11) is 3.25. The lowest BCUT2D eigenvalue weighted by atomic mass is 10.1. The molecule has 4 aromatic carbocycles. The Hall–Kier alpha value is -7.15. The number of ether oxygens (including phenoxy) is 3. The van der Waals surface area contributed by atoms with Crippen molar-refractivity contribution in [3.63, 3.8) is 0 Å². The zero-order valence-electron chi connectivity index (χ0n) is 37.9. The smallest absolute Gasteiger partial charge is 0.221 e. The number of carbonyl (C=O) groups excluding carboxylic acids is 1. The van der Waals surface area contributed by atoms with Gasteiger partial charge in [0.2, 0.25) is 5.91 Å². The van der Waals surface area contributed by atoms with E-state index >= 15 is 0 Å². The van der Waals surface area contributed by atoms with Gasteiger partial charge in [-0.1, -0.05) is 32.6 Å². The van der Waals surface area contributed by atoms with E-state index in [2.05, 4.69) is 66.8 Å². The minimum absolute atomic E-state index is 0.115. The predicted molar refractivity (Wildman–Crippen MR) is 255 cm³/mol. The highest BCUT2D eigenvalue weighted by molar-refractivity contribution is 5.92. The van der Waals surface area contributed by atoms with Crippen LogP contribution in [0.5, 0.6) is 11.5 Å². The lowest BCUT2D eigenvalue weighted by Gasteiger charge is -2.13. The molecular formula is C52H59N7O4. The number of amides is 1. The normalized spacial score (nSPS) is 11.2. The molecule has 0 atom stereocenters. The molecule has 0 saturated carbocycles. The Morgan fingerprint density at radius 1 is 0.683 bits per heavy atom. The van der Waals surface area contributed by atoms with Crippen LogP contribution in [0.4, 0.5) is 11.4 Å². The van der Waals surface area contributed by atoms with Crippen LogP contribution < -0.4 is 20.5 Å². The molecule has 3 N–H and O–H groups in total. The van der Waals surface area contributed by atoms with Crippen LogP contribution in [0, 0.1) is 46.3 Å². The summed E-state index contributed by atoms with van der Waals surface area (Å²) < 4.78 is 19.6. The lowest BCUT2D eigenvalue weighted by molar-refractivity contribution is -0.114. The molecule has 2 aromatic heterocycles. The van der Waals surface area contributed by atoms with Crippen molar-refractivity contribution in [1.82, 2.24) is 14.0 Å². The van der Waals surface area contributed by atoms with Crippen LogP contribution in [0.25, 0.3) is 21.8 Å². The van der Waals surface area contributed by atoms with E-state index in [1.165, 1.54) is 39.4 Å². The van der Waals surface area contributed by atoms with E-state index in [0.717, 1.165) is 75.6 Å². The van der Waals surface area contributed by atoms with Crippen molar-refractivity contribution in [3.05, 3.63) is 119 Å². The molecule has 0 unspecified atom stereocenters. The Morgan fingerprint density at radius 3 is 1.43 bits per heavy atom. The molecule has 7 rings (SSSR count). The Labute approximate surface area is 373 Å². The van der Waals surface area contributed by atoms with Gasteiger partial charge in [-0.3, -0.25) is 4.79 Å². The maximum absolute atomic E-state index is 11.1. The van der Waals surface area contributed by atoms with E-state index in [1.54, 1.807) is 26.4 Å². The number of nitrogen functional groups attached to an aromatic ring is 1. The summed E-state index contributed by atoms with van der Waals surface area (Å²) >= 11 is 0. The largest absolute Gasteiger partial charge is 0.497 e. The molecule has 1 aliphatic rings. The summed E-state index contributed by atoms with van der Waals surface area (Å²) in [5, 5.41) is 23.8. The highest BCUT2D eigenvalue weighted by Gasteiger charge is 2.17. The zero-order chi connectivity index (χ0) is 45.7. The van der Waals surface area contributed by atoms with Gasteiger partial charge in [0.15, 0.2) is 0 Å². The Morgan fingerprint density at radius 2 is 1.11 bits per heavy atom. The van der Waals surface area contributed by atoms with Crippen molar-refractivity contribution in [2.45, 2.75) is 67.5 Å². The number of hydrogen-bond donors (Lipinski definition) is 2. The summed E-state index contributed by atoms with van der Waals surface area (Å²) in [6.07, 6.45) is 2.56. The summed E-state index contributed by atoms with van der Waals surface area (Å²) in [5.41, 5.74) is 13.2. The van der Waals surface area contributed by atoms with Crippen LogP contribution in [0.3, 0.4) is 0 Å². The highest BCUT2D eigenvalue weighted by Crippen LogP contribution is 2.30. The van der Waals surface area contributed by atoms with Crippen molar-refractivity contribution < 1.29 is 19.0 Å². The highest BCUT2D eigenvalue weighted by atomic mass is 16.5. The fourth-order valence-electron chi connectivity index (χ4n) is 6.91. The topological polar surface area (TPSA) is 143 Å². The number of methoxy groups -OCH3 is 2. The first-order chi connectivity index (χ1) is 30.6. The molecule has 6 aromatic rings. The summed E-state index contributed by atoms with van der Waals surface area (Å²) in [6, 6.07) is 30.6. The molecule has 3 heterocycles. The molecule has 326 valence electrons. The third-order valence-corrected chi connectivity index (χ3v) is 10.3. The van der Waals surface area contributed by atoms with Gasteiger partial charge < -0.3 is 39.3 Å². The fraction of sp³-hybridized carbons (Fsp3) is 0.327. The number of fused-ring (bicyclic) bond motifs is 2. The van der Waals surface area contributed by atoms with Crippen LogP contribution >= 0.6 is 0 Å². The van der Waals surface area contributed by atoms with Crippen molar-refractivity contribution in [3.8, 4) is 47.3 Å². The van der Waals surface area contributed by atoms with Crippen LogP contribution in [-0.2, 0) is 22.6 Å². The summed E-state index contributed by atoms with van der Waals surface area (Å²) in [6.45, 7) is 19.1. The third-order valence-electron chi connectivity index (χ3n) is 10.3. The van der Waals surface area contributed by atoms with Gasteiger partial charge >= 0.3 is 0 Å². The number of aryl methyl sites for hydroxylation is 2. The van der Waals surface area contributed by atoms with Gasteiger partial charge in [-0.15, -0.1) is 0 Å². The second kappa shape index (κ2) is 24.9. The maximum Gasteiger partial charge on any atom is 0.221 e. The van der Waals surface area contributed by atoms with E-state index in [9.17, 15) is 15.3 Å². The number of aromatic nitrogens is 2. The summed E-state index contributed by atoms with van der Waals surface area (Å²) in [4.78, 5) is 13.5. The van der Waals surface area contributed by atoms with Crippen molar-refractivity contribution >= 4 is 39.1 Å². The number of nitrogens with one attached hydrogen (secondary N) is 1. The molecule has 63 heavy (non-hydrogen) atoms. The minimum atomic E-state index is -0.115. The van der Waals surface area contributed by atoms with E-state index in [-0.39, 0.29) is 5.91 Å². The van der Waals surface area contributed by atoms with Gasteiger partial charge in [-0.2, -0.15) is 10.5 Å². The van der Waals surface area contributed by atoms with Gasteiger partial charge in [0.05, 0.1) is 36.4 Å². The number of anilines is 2. The second-order valence-corrected chi connectivity index (χ2v) is 14.2. The van der Waals surface area contributed by atoms with Crippen LogP contribution in [-0.4, -0.2) is 67.0 Å². The molecule has 11 nitrogen and oxygen atoms in total. The van der Waals surface area contributed by atoms with Gasteiger partial charge in [-0.25, -0.2) is 0 Å². The lowest BCUT2D eigenvalue weighted by Crippen LogP contribution is -2.21. The Kier molecular flexibility index (Phi) is 19.2. The molecule has 1 fully saturated rings. The standard InChI is InChI=1S/C22H19N3O2.C20H17N3O.C6H15N.C4H8O/c1-4-25-21(12-7-16-5-8-17(9-6-16)24-15(2)26)20(14-23)19-11-10-18(27-3)13-22(19)25;1-3-23-19(11-6-14-4-7-15(22)8-5-14)18(13-21)17-10-9-16(24-2)12-20(17)23;1-4-7(5-2)6-3;1-2-4-5-3-1/h5-6,8-11,13H,4H2,1-3H3,(H,24,26);4-5,7-10,12H,3,22H2,1-2H3;4-6H2,1-3H3;1-4H2. The Balaban J connectivity index is 0.000000220. The number of rotatable bonds is 8. The van der Waals surface area contributed by atoms with Gasteiger partial charge in [0.25, 0.3) is 0 Å². The van der Waals surface area contributed by atoms with Gasteiger partial charge in [-0.05, 0) is 131 Å². The molecule has 0 radical (unpaired) electrons. The molecule has 1 amide bonds. The third kappa shape index (κ3) is 13.2. The van der Waals surface area contributed by atoms with Crippen molar-refractivity contribution in [1.29, 1.82) is 10.5 Å². The van der Waals surface area contributed by atoms with Gasteiger partial charge in [0.1, 0.15) is 35.0 Å². The Bertz CT molecular complexity index is 2640. The second-order valence-electron chi connectivity index (χ2n) is 14.2. The average Bonchev–Trinajstić information content (AvgIpc) is 4.06. The number of nitrogens with zero attached hydrogens (tertiary/aromatic N) is 5. The molecule has 1 aliphatic heterocycles. The molecule has 0 aliphatic carbocycles. The molecule has 11 heteroatoms. The maximum atomic E-state index is 11.1. The molecule has 0 bridgehead atoms. The van der Waals surface area contributed by atoms with E-state index in [1.807, 2.05) is 95.8 Å². The van der Waals surface area contributed by atoms with E-state index in [4.69, 9.17) is 19.9 Å². The zero-order valence-corrected chi connectivity index (χ0v) is 37.9. The molecular weight excluding hydrogens is 787 g/mol. The first-order valence-electron chi connectivity index (χ1n) is 21.4.